The highest BCUT2D eigenvalue weighted by molar-refractivity contribution is 6.07. The number of hydrogen-bond donors (Lipinski definition) is 1. The van der Waals surface area contributed by atoms with E-state index >= 15 is 0 Å². The maximum atomic E-state index is 4.56. The zero-order valence-electron chi connectivity index (χ0n) is 10.9. The Labute approximate surface area is 107 Å². The van der Waals surface area contributed by atoms with Gasteiger partial charge in [0.15, 0.2) is 0 Å². The lowest BCUT2D eigenvalue weighted by Crippen LogP contribution is -2.00. The van der Waals surface area contributed by atoms with Crippen LogP contribution in [-0.2, 0) is 6.42 Å². The molecule has 2 nitrogen and oxygen atoms in total. The van der Waals surface area contributed by atoms with Crippen molar-refractivity contribution in [3.05, 3.63) is 42.2 Å². The molecule has 0 saturated carbocycles. The topological polar surface area (TPSA) is 28.7 Å². The average Bonchev–Trinajstić information content (AvgIpc) is 2.78. The summed E-state index contributed by atoms with van der Waals surface area (Å²) in [6.45, 7) is 4.51. The lowest BCUT2D eigenvalue weighted by Gasteiger charge is -2.08. The number of nitrogens with zero attached hydrogens (tertiary/aromatic N) is 1. The van der Waals surface area contributed by atoms with Crippen molar-refractivity contribution in [3.63, 3.8) is 0 Å². The number of benzene rings is 1. The first-order valence-corrected chi connectivity index (χ1v) is 6.64. The highest BCUT2D eigenvalue weighted by Gasteiger charge is 2.10. The van der Waals surface area contributed by atoms with E-state index in [-0.39, 0.29) is 0 Å². The molecule has 1 unspecified atom stereocenters. The number of rotatable bonds is 3. The first kappa shape index (κ1) is 11.3. The van der Waals surface area contributed by atoms with Crippen molar-refractivity contribution in [2.45, 2.75) is 26.7 Å². The third-order valence-corrected chi connectivity index (χ3v) is 3.75. The zero-order chi connectivity index (χ0) is 12.5. The van der Waals surface area contributed by atoms with Gasteiger partial charge in [0.1, 0.15) is 0 Å². The van der Waals surface area contributed by atoms with Crippen LogP contribution in [0.4, 0.5) is 0 Å². The van der Waals surface area contributed by atoms with Crippen LogP contribution in [0.2, 0.25) is 0 Å². The van der Waals surface area contributed by atoms with Crippen molar-refractivity contribution < 1.29 is 0 Å². The number of nitrogens with one attached hydrogen (secondary N) is 1. The van der Waals surface area contributed by atoms with Crippen LogP contribution in [0.5, 0.6) is 0 Å². The molecule has 1 aromatic carbocycles. The van der Waals surface area contributed by atoms with Crippen LogP contribution in [0, 0.1) is 5.92 Å². The summed E-state index contributed by atoms with van der Waals surface area (Å²) >= 11 is 0. The van der Waals surface area contributed by atoms with Crippen molar-refractivity contribution in [1.82, 2.24) is 9.97 Å². The van der Waals surface area contributed by atoms with Gasteiger partial charge in [0.05, 0.1) is 11.2 Å². The van der Waals surface area contributed by atoms with Gasteiger partial charge in [-0.3, -0.25) is 4.98 Å². The van der Waals surface area contributed by atoms with Gasteiger partial charge in [0, 0.05) is 22.5 Å². The second-order valence-electron chi connectivity index (χ2n) is 5.07. The van der Waals surface area contributed by atoms with Crippen molar-refractivity contribution in [2.24, 2.45) is 5.92 Å². The van der Waals surface area contributed by atoms with Crippen molar-refractivity contribution in [1.29, 1.82) is 0 Å². The largest absolute Gasteiger partial charge is 0.353 e. The van der Waals surface area contributed by atoms with Gasteiger partial charge in [-0.15, -0.1) is 0 Å². The van der Waals surface area contributed by atoms with Crippen LogP contribution in [-0.4, -0.2) is 9.97 Å². The van der Waals surface area contributed by atoms with Gasteiger partial charge in [-0.1, -0.05) is 38.5 Å². The first-order valence-electron chi connectivity index (χ1n) is 6.64. The smallest absolute Gasteiger partial charge is 0.0684 e. The van der Waals surface area contributed by atoms with E-state index < -0.39 is 0 Å². The predicted molar refractivity (Wildman–Crippen MR) is 76.8 cm³/mol. The Kier molecular flexibility index (Phi) is 2.78. The number of fused-ring (bicyclic) bond motifs is 3. The van der Waals surface area contributed by atoms with Gasteiger partial charge in [0.2, 0.25) is 0 Å². The first-order chi connectivity index (χ1) is 8.79. The van der Waals surface area contributed by atoms with Gasteiger partial charge in [0.25, 0.3) is 0 Å². The van der Waals surface area contributed by atoms with Crippen LogP contribution in [0.15, 0.2) is 36.5 Å². The van der Waals surface area contributed by atoms with E-state index in [9.17, 15) is 0 Å². The molecule has 2 heteroatoms. The molecule has 0 aliphatic rings. The number of aromatic nitrogens is 2. The summed E-state index contributed by atoms with van der Waals surface area (Å²) < 4.78 is 0. The third-order valence-electron chi connectivity index (χ3n) is 3.75. The molecule has 3 rings (SSSR count). The molecule has 0 radical (unpaired) electrons. The minimum Gasteiger partial charge on any atom is -0.353 e. The Bertz CT molecular complexity index is 682. The van der Waals surface area contributed by atoms with Crippen LogP contribution in [0.25, 0.3) is 21.8 Å². The number of H-pyrrole nitrogens is 1. The molecule has 1 N–H and O–H groups in total. The van der Waals surface area contributed by atoms with E-state index in [1.165, 1.54) is 33.9 Å². The SMILES string of the molecule is CCC(C)Cc1nccc2c1[nH]c1ccccc12. The van der Waals surface area contributed by atoms with E-state index in [2.05, 4.69) is 54.1 Å². The van der Waals surface area contributed by atoms with Gasteiger partial charge < -0.3 is 4.98 Å². The summed E-state index contributed by atoms with van der Waals surface area (Å²) in [5.74, 6) is 0.675. The van der Waals surface area contributed by atoms with E-state index in [0.717, 1.165) is 6.42 Å². The molecule has 92 valence electrons. The average molecular weight is 238 g/mol. The van der Waals surface area contributed by atoms with Crippen molar-refractivity contribution >= 4 is 21.8 Å². The molecule has 0 aliphatic carbocycles. The molecular weight excluding hydrogens is 220 g/mol. The van der Waals surface area contributed by atoms with Crippen LogP contribution < -0.4 is 0 Å². The molecule has 18 heavy (non-hydrogen) atoms. The van der Waals surface area contributed by atoms with E-state index in [4.69, 9.17) is 0 Å². The van der Waals surface area contributed by atoms with E-state index in [1.54, 1.807) is 0 Å². The lowest BCUT2D eigenvalue weighted by atomic mass is 10.0. The van der Waals surface area contributed by atoms with Gasteiger partial charge in [-0.25, -0.2) is 0 Å². The number of hydrogen-bond acceptors (Lipinski definition) is 1. The van der Waals surface area contributed by atoms with E-state index in [0.29, 0.717) is 5.92 Å². The second-order valence-corrected chi connectivity index (χ2v) is 5.07. The highest BCUT2D eigenvalue weighted by Crippen LogP contribution is 2.27. The fourth-order valence-corrected chi connectivity index (χ4v) is 2.46. The Balaban J connectivity index is 2.21. The van der Waals surface area contributed by atoms with Crippen LogP contribution in [0.3, 0.4) is 0 Å². The summed E-state index contributed by atoms with van der Waals surface area (Å²) in [5, 5.41) is 2.58. The predicted octanol–water partition coefficient (Wildman–Crippen LogP) is 4.30. The number of para-hydroxylation sites is 1. The maximum absolute atomic E-state index is 4.56. The molecule has 0 spiro atoms. The van der Waals surface area contributed by atoms with E-state index in [1.807, 2.05) is 6.20 Å². The minimum absolute atomic E-state index is 0.675. The number of pyridine rings is 1. The molecule has 0 amide bonds. The fourth-order valence-electron chi connectivity index (χ4n) is 2.46. The van der Waals surface area contributed by atoms with Gasteiger partial charge >= 0.3 is 0 Å². The molecule has 0 bridgehead atoms. The monoisotopic (exact) mass is 238 g/mol. The van der Waals surface area contributed by atoms with Crippen molar-refractivity contribution in [3.8, 4) is 0 Å². The minimum atomic E-state index is 0.675. The molecule has 0 aliphatic heterocycles. The molecule has 0 saturated heterocycles. The maximum Gasteiger partial charge on any atom is 0.0684 e. The Morgan fingerprint density at radius 2 is 2.00 bits per heavy atom. The zero-order valence-corrected chi connectivity index (χ0v) is 10.9. The fraction of sp³-hybridized carbons (Fsp3) is 0.312. The molecule has 3 aromatic rings. The summed E-state index contributed by atoms with van der Waals surface area (Å²) in [5.41, 5.74) is 3.60. The highest BCUT2D eigenvalue weighted by atomic mass is 14.8. The molecule has 1 atom stereocenters. The van der Waals surface area contributed by atoms with Crippen LogP contribution >= 0.6 is 0 Å². The van der Waals surface area contributed by atoms with Crippen molar-refractivity contribution in [2.75, 3.05) is 0 Å². The summed E-state index contributed by atoms with van der Waals surface area (Å²) in [6, 6.07) is 10.6. The Morgan fingerprint density at radius 3 is 2.83 bits per heavy atom. The molecule has 2 heterocycles. The second kappa shape index (κ2) is 4.45. The summed E-state index contributed by atoms with van der Waals surface area (Å²) in [6.07, 6.45) is 4.17. The summed E-state index contributed by atoms with van der Waals surface area (Å²) in [7, 11) is 0. The van der Waals surface area contributed by atoms with Gasteiger partial charge in [-0.05, 0) is 24.5 Å². The lowest BCUT2D eigenvalue weighted by molar-refractivity contribution is 0.555. The Morgan fingerprint density at radius 1 is 1.17 bits per heavy atom. The quantitative estimate of drug-likeness (QED) is 0.724. The molecule has 0 fully saturated rings. The van der Waals surface area contributed by atoms with Crippen LogP contribution in [0.1, 0.15) is 26.0 Å². The van der Waals surface area contributed by atoms with Gasteiger partial charge in [-0.2, -0.15) is 0 Å². The molecular formula is C16H18N2. The Hall–Kier alpha value is -1.83. The normalized spacial score (nSPS) is 13.2. The third kappa shape index (κ3) is 1.78. The molecule has 2 aromatic heterocycles. The standard InChI is InChI=1S/C16H18N2/c1-3-11(2)10-15-16-13(8-9-17-15)12-6-4-5-7-14(12)18-16/h4-9,11,18H,3,10H2,1-2H3. The number of aromatic amines is 1. The summed E-state index contributed by atoms with van der Waals surface area (Å²) in [4.78, 5) is 8.07.